The highest BCUT2D eigenvalue weighted by molar-refractivity contribution is 6.32. The Morgan fingerprint density at radius 1 is 0.0915 bits per heavy atom. The molecule has 0 amide bonds. The second-order valence-electron chi connectivity index (χ2n) is 38.6. The molecule has 0 saturated carbocycles. The Hall–Kier alpha value is -17.9. The summed E-state index contributed by atoms with van der Waals surface area (Å²) in [5.74, 6) is 0. The van der Waals surface area contributed by atoms with Crippen LogP contribution in [-0.4, -0.2) is 0 Å². The van der Waals surface area contributed by atoms with Crippen molar-refractivity contribution in [2.45, 2.75) is 27.7 Å². The summed E-state index contributed by atoms with van der Waals surface area (Å²) in [5.41, 5.74) is 33.2. The minimum atomic E-state index is 1.25. The van der Waals surface area contributed by atoms with Crippen molar-refractivity contribution in [3.05, 3.63) is 532 Å². The van der Waals surface area contributed by atoms with Crippen molar-refractivity contribution in [3.63, 3.8) is 0 Å². The zero-order chi connectivity index (χ0) is 94.6. The highest BCUT2D eigenvalue weighted by Gasteiger charge is 2.24. The van der Waals surface area contributed by atoms with Crippen molar-refractivity contribution in [3.8, 4) is 122 Å². The zero-order valence-electron chi connectivity index (χ0n) is 79.5. The Balaban J connectivity index is 0.0000000976. The van der Waals surface area contributed by atoms with E-state index in [0.29, 0.717) is 0 Å². The summed E-state index contributed by atoms with van der Waals surface area (Å²) in [6.07, 6.45) is 0. The largest absolute Gasteiger partial charge is 0.0622 e. The van der Waals surface area contributed by atoms with Crippen LogP contribution in [-0.2, 0) is 0 Å². The molecule has 0 N–H and O–H groups in total. The molecule has 0 fully saturated rings. The molecule has 0 aliphatic rings. The van der Waals surface area contributed by atoms with Gasteiger partial charge in [0.15, 0.2) is 0 Å². The summed E-state index contributed by atoms with van der Waals surface area (Å²) in [7, 11) is 0. The van der Waals surface area contributed by atoms with E-state index in [1.165, 1.54) is 295 Å². The van der Waals surface area contributed by atoms with Crippen LogP contribution in [0.1, 0.15) is 22.3 Å². The Labute approximate surface area is 826 Å². The molecule has 0 atom stereocenters. The lowest BCUT2D eigenvalue weighted by Gasteiger charge is -2.18. The molecule has 0 unspecified atom stereocenters. The van der Waals surface area contributed by atoms with E-state index in [4.69, 9.17) is 0 Å². The maximum absolute atomic E-state index is 2.34. The van der Waals surface area contributed by atoms with E-state index in [1.807, 2.05) is 0 Å². The molecule has 142 heavy (non-hydrogen) atoms. The number of fused-ring (bicyclic) bond motifs is 2. The first-order valence-electron chi connectivity index (χ1n) is 49.5. The van der Waals surface area contributed by atoms with Crippen LogP contribution in [0.4, 0.5) is 0 Å². The van der Waals surface area contributed by atoms with Gasteiger partial charge in [-0.05, 0) is 330 Å². The zero-order valence-corrected chi connectivity index (χ0v) is 79.5. The summed E-state index contributed by atoms with van der Waals surface area (Å²) in [6, 6.07) is 187. The smallest absolute Gasteiger partial charge is 0.00203 e. The first-order chi connectivity index (χ1) is 70.0. The molecular weight excluding hydrogens is 1710 g/mol. The monoisotopic (exact) mass is 1800 g/mol. The molecule has 0 nitrogen and oxygen atoms in total. The van der Waals surface area contributed by atoms with Crippen LogP contribution in [0.2, 0.25) is 0 Å². The van der Waals surface area contributed by atoms with Crippen LogP contribution in [0.15, 0.2) is 510 Å². The standard InChI is InChI=1S/2C39H26.C35H24.C29H20/c1-25-14-19-34(37(24-25)27-8-3-2-4-9-27)33-21-16-29-17-22-35-32(20-15-28-18-23-36(33)39(29)38(28)35)31-13-7-11-26-10-5-6-12-30(26)31;1-25-11-18-34(37(23-25)27-8-3-2-4-9-27)33-20-15-29-16-21-35-32(19-14-28-17-22-36(33)39(29)38(28)35)31-13-12-26-7-5-6-10-30(26)24-31;1-23-20-28(24-8-4-2-5-9-24)22-29(21-23)31-17-13-27-14-18-32-30(25-10-6-3-7-11-25)16-12-26-15-19-33(31)35(27)34(26)32;1-19-16-24(20-6-3-2-4-7-20)18-25(17-19)26-14-12-23-11-10-21-8-5-9-22-13-15-27(26)29(23)28(21)22/h2*2-24H,1H3;2-22H,1H3;2-18H,1H3. The van der Waals surface area contributed by atoms with Crippen molar-refractivity contribution in [2.24, 2.45) is 0 Å². The van der Waals surface area contributed by atoms with Gasteiger partial charge in [0.05, 0.1) is 0 Å². The normalized spacial score (nSPS) is 11.7. The van der Waals surface area contributed by atoms with Gasteiger partial charge in [-0.3, -0.25) is 0 Å². The fourth-order valence-corrected chi connectivity index (χ4v) is 23.3. The molecule has 0 aliphatic heterocycles. The lowest BCUT2D eigenvalue weighted by atomic mass is 9.85. The van der Waals surface area contributed by atoms with Gasteiger partial charge in [0.2, 0.25) is 0 Å². The number of aryl methyl sites for hydroxylation is 4. The minimum Gasteiger partial charge on any atom is -0.0622 e. The summed E-state index contributed by atoms with van der Waals surface area (Å²) < 4.78 is 0. The van der Waals surface area contributed by atoms with Crippen LogP contribution in [0.25, 0.3) is 273 Å². The van der Waals surface area contributed by atoms with Gasteiger partial charge in [-0.2, -0.15) is 0 Å². The average Bonchev–Trinajstić information content (AvgIpc) is 0.721. The maximum Gasteiger partial charge on any atom is -0.00203 e. The third-order valence-electron chi connectivity index (χ3n) is 29.8. The van der Waals surface area contributed by atoms with Crippen LogP contribution < -0.4 is 0 Å². The molecule has 0 bridgehead atoms. The third-order valence-corrected chi connectivity index (χ3v) is 29.8. The predicted molar refractivity (Wildman–Crippen MR) is 614 cm³/mol. The van der Waals surface area contributed by atoms with E-state index in [0.717, 1.165) is 0 Å². The Morgan fingerprint density at radius 3 is 0.739 bits per heavy atom. The highest BCUT2D eigenvalue weighted by atomic mass is 14.3. The average molecular weight is 1800 g/mol. The maximum atomic E-state index is 2.34. The van der Waals surface area contributed by atoms with E-state index in [2.05, 4.69) is 537 Å². The van der Waals surface area contributed by atoms with Crippen LogP contribution in [0.3, 0.4) is 0 Å². The second-order valence-corrected chi connectivity index (χ2v) is 38.6. The Kier molecular flexibility index (Phi) is 21.0. The van der Waals surface area contributed by atoms with Crippen molar-refractivity contribution in [1.82, 2.24) is 0 Å². The van der Waals surface area contributed by atoms with Gasteiger partial charge in [0.25, 0.3) is 0 Å². The van der Waals surface area contributed by atoms with Gasteiger partial charge in [0, 0.05) is 0 Å². The van der Waals surface area contributed by atoms with Gasteiger partial charge >= 0.3 is 0 Å². The summed E-state index contributed by atoms with van der Waals surface area (Å²) in [5, 5.41) is 36.9. The molecule has 0 radical (unpaired) electrons. The van der Waals surface area contributed by atoms with Gasteiger partial charge < -0.3 is 0 Å². The highest BCUT2D eigenvalue weighted by Crippen LogP contribution is 2.51. The SMILES string of the molecule is Cc1cc(-c2ccccc2)cc(-c2ccc3ccc4c(-c5ccccc5)ccc5ccc2c3c54)c1.Cc1cc(-c2ccccc2)cc(-c2ccc3ccc4cccc5ccc2c3c45)c1.Cc1ccc(-c2ccc3ccc4c(-c5ccc6ccccc6c5)ccc5ccc2c3c54)c(-c2ccccc2)c1.Cc1ccc(-c2ccc3ccc4c(-c5cccc6ccccc56)ccc5ccc2c3c54)c(-c2ccccc2)c1. The van der Waals surface area contributed by atoms with Crippen molar-refractivity contribution in [2.75, 3.05) is 0 Å². The molecule has 29 aromatic carbocycles. The van der Waals surface area contributed by atoms with E-state index in [1.54, 1.807) is 0 Å². The first-order valence-corrected chi connectivity index (χ1v) is 49.5. The quantitative estimate of drug-likeness (QED) is 0.113. The number of rotatable bonds is 11. The lowest BCUT2D eigenvalue weighted by molar-refractivity contribution is 1.46. The molecule has 0 heteroatoms. The first kappa shape index (κ1) is 84.6. The van der Waals surface area contributed by atoms with Crippen molar-refractivity contribution < 1.29 is 0 Å². The molecule has 0 aliphatic carbocycles. The fraction of sp³-hybridized carbons (Fsp3) is 0.0282. The lowest BCUT2D eigenvalue weighted by Crippen LogP contribution is -1.92. The number of benzene rings is 29. The molecule has 29 rings (SSSR count). The van der Waals surface area contributed by atoms with Crippen LogP contribution >= 0.6 is 0 Å². The molecule has 0 saturated heterocycles. The van der Waals surface area contributed by atoms with E-state index >= 15 is 0 Å². The molecular formula is C142H96. The molecule has 664 valence electrons. The minimum absolute atomic E-state index is 1.25. The summed E-state index contributed by atoms with van der Waals surface area (Å²) >= 11 is 0. The number of hydrogen-bond donors (Lipinski definition) is 0. The van der Waals surface area contributed by atoms with Gasteiger partial charge in [0.1, 0.15) is 0 Å². The molecule has 0 heterocycles. The van der Waals surface area contributed by atoms with Crippen molar-refractivity contribution >= 4 is 151 Å². The Morgan fingerprint density at radius 2 is 0.338 bits per heavy atom. The van der Waals surface area contributed by atoms with E-state index in [-0.39, 0.29) is 0 Å². The third kappa shape index (κ3) is 14.9. The van der Waals surface area contributed by atoms with E-state index < -0.39 is 0 Å². The molecule has 0 aromatic heterocycles. The van der Waals surface area contributed by atoms with Crippen LogP contribution in [0.5, 0.6) is 0 Å². The predicted octanol–water partition coefficient (Wildman–Crippen LogP) is 40.2. The van der Waals surface area contributed by atoms with E-state index in [9.17, 15) is 0 Å². The summed E-state index contributed by atoms with van der Waals surface area (Å²) in [4.78, 5) is 0. The second kappa shape index (κ2) is 35.3. The van der Waals surface area contributed by atoms with Crippen LogP contribution in [0, 0.1) is 27.7 Å². The number of hydrogen-bond acceptors (Lipinski definition) is 0. The topological polar surface area (TPSA) is 0 Å². The molecule has 29 aromatic rings. The van der Waals surface area contributed by atoms with Crippen molar-refractivity contribution in [1.29, 1.82) is 0 Å². The molecule has 0 spiro atoms. The fourth-order valence-electron chi connectivity index (χ4n) is 23.3. The van der Waals surface area contributed by atoms with Gasteiger partial charge in [-0.15, -0.1) is 0 Å². The van der Waals surface area contributed by atoms with Gasteiger partial charge in [-0.25, -0.2) is 0 Å². The summed E-state index contributed by atoms with van der Waals surface area (Å²) in [6.45, 7) is 8.73. The van der Waals surface area contributed by atoms with Gasteiger partial charge in [-0.1, -0.05) is 503 Å². The Bertz CT molecular complexity index is 9890.